The van der Waals surface area contributed by atoms with E-state index in [1.165, 1.54) is 0 Å². The average molecular weight is 440 g/mol. The van der Waals surface area contributed by atoms with Crippen molar-refractivity contribution in [1.29, 1.82) is 0 Å². The SMILES string of the molecule is CCCN(CCC)n1c2ccccc2c(=O)c2cc3[nH]c4c(CC)cccc4c(=O)c3cc21. The highest BCUT2D eigenvalue weighted by Crippen LogP contribution is 2.26. The van der Waals surface area contributed by atoms with Crippen LogP contribution < -0.4 is 15.9 Å². The zero-order valence-corrected chi connectivity index (χ0v) is 19.4. The van der Waals surface area contributed by atoms with Gasteiger partial charge in [-0.15, -0.1) is 0 Å². The molecular weight excluding hydrogens is 410 g/mol. The third kappa shape index (κ3) is 3.30. The molecule has 0 spiro atoms. The number of aryl methyl sites for hydroxylation is 1. The van der Waals surface area contributed by atoms with E-state index in [2.05, 4.69) is 35.4 Å². The Morgan fingerprint density at radius 1 is 0.758 bits per heavy atom. The van der Waals surface area contributed by atoms with Crippen LogP contribution in [-0.2, 0) is 6.42 Å². The molecule has 5 heteroatoms. The Morgan fingerprint density at radius 2 is 1.45 bits per heavy atom. The Kier molecular flexibility index (Phi) is 5.41. The summed E-state index contributed by atoms with van der Waals surface area (Å²) in [4.78, 5) is 30.6. The Hall–Kier alpha value is -3.60. The zero-order chi connectivity index (χ0) is 23.1. The van der Waals surface area contributed by atoms with Crippen molar-refractivity contribution in [2.75, 3.05) is 18.1 Å². The van der Waals surface area contributed by atoms with Crippen molar-refractivity contribution in [2.45, 2.75) is 40.0 Å². The molecular formula is C28H29N3O2. The Bertz CT molecular complexity index is 1620. The maximum atomic E-state index is 13.6. The van der Waals surface area contributed by atoms with Gasteiger partial charge in [-0.3, -0.25) is 14.3 Å². The highest BCUT2D eigenvalue weighted by atomic mass is 16.1. The van der Waals surface area contributed by atoms with Crippen molar-refractivity contribution in [2.24, 2.45) is 0 Å². The van der Waals surface area contributed by atoms with Gasteiger partial charge in [0.2, 0.25) is 0 Å². The summed E-state index contributed by atoms with van der Waals surface area (Å²) in [5, 5.41) is 4.91. The first-order valence-corrected chi connectivity index (χ1v) is 11.9. The molecule has 0 radical (unpaired) electrons. The third-order valence-corrected chi connectivity index (χ3v) is 6.51. The molecule has 0 aliphatic rings. The van der Waals surface area contributed by atoms with Crippen molar-refractivity contribution in [1.82, 2.24) is 9.66 Å². The summed E-state index contributed by atoms with van der Waals surface area (Å²) in [6.07, 6.45) is 2.80. The van der Waals surface area contributed by atoms with Crippen LogP contribution in [0.3, 0.4) is 0 Å². The molecule has 2 heterocycles. The standard InChI is InChI=1S/C28H29N3O2/c1-4-14-30(15-5-2)31-24-13-8-7-11-19(24)27(32)22-16-23-21(17-25(22)31)28(33)20-12-9-10-18(6-3)26(20)29-23/h7-13,16-17H,4-6,14-15H2,1-3H3,(H,29,33). The normalized spacial score (nSPS) is 11.7. The van der Waals surface area contributed by atoms with E-state index in [9.17, 15) is 9.59 Å². The van der Waals surface area contributed by atoms with E-state index in [1.54, 1.807) is 0 Å². The molecule has 0 fully saturated rings. The quantitative estimate of drug-likeness (QED) is 0.357. The average Bonchev–Trinajstić information content (AvgIpc) is 2.84. The van der Waals surface area contributed by atoms with E-state index in [-0.39, 0.29) is 10.9 Å². The second kappa shape index (κ2) is 8.39. The number of rotatable bonds is 6. The summed E-state index contributed by atoms with van der Waals surface area (Å²) in [6, 6.07) is 17.4. The summed E-state index contributed by atoms with van der Waals surface area (Å²) in [6.45, 7) is 8.13. The molecule has 3 aromatic carbocycles. The molecule has 0 unspecified atom stereocenters. The lowest BCUT2D eigenvalue weighted by Gasteiger charge is -2.30. The van der Waals surface area contributed by atoms with Crippen LogP contribution in [-0.4, -0.2) is 22.7 Å². The molecule has 0 bridgehead atoms. The summed E-state index contributed by atoms with van der Waals surface area (Å²) in [5.74, 6) is 0. The van der Waals surface area contributed by atoms with E-state index in [1.807, 2.05) is 54.6 Å². The number of fused-ring (bicyclic) bond motifs is 4. The first-order chi connectivity index (χ1) is 16.1. The largest absolute Gasteiger partial charge is 0.354 e. The molecule has 5 rings (SSSR count). The van der Waals surface area contributed by atoms with Crippen molar-refractivity contribution in [3.63, 3.8) is 0 Å². The number of aromatic nitrogens is 2. The molecule has 168 valence electrons. The van der Waals surface area contributed by atoms with Crippen LogP contribution >= 0.6 is 0 Å². The molecule has 0 saturated heterocycles. The Labute approximate surface area is 192 Å². The highest BCUT2D eigenvalue weighted by Gasteiger charge is 2.17. The molecule has 0 saturated carbocycles. The first kappa shape index (κ1) is 21.3. The van der Waals surface area contributed by atoms with E-state index in [4.69, 9.17) is 0 Å². The lowest BCUT2D eigenvalue weighted by molar-refractivity contribution is 0.595. The van der Waals surface area contributed by atoms with Crippen LogP contribution in [0.4, 0.5) is 0 Å². The molecule has 0 aliphatic heterocycles. The lowest BCUT2D eigenvalue weighted by Crippen LogP contribution is -2.37. The van der Waals surface area contributed by atoms with Gasteiger partial charge in [0.15, 0.2) is 10.9 Å². The molecule has 2 aromatic heterocycles. The van der Waals surface area contributed by atoms with Crippen molar-refractivity contribution >= 4 is 43.6 Å². The fraction of sp³-hybridized carbons (Fsp3) is 0.286. The van der Waals surface area contributed by atoms with Gasteiger partial charge in [0, 0.05) is 29.2 Å². The van der Waals surface area contributed by atoms with Gasteiger partial charge < -0.3 is 9.99 Å². The fourth-order valence-corrected chi connectivity index (χ4v) is 5.01. The maximum Gasteiger partial charge on any atom is 0.197 e. The summed E-state index contributed by atoms with van der Waals surface area (Å²) >= 11 is 0. The molecule has 0 amide bonds. The van der Waals surface area contributed by atoms with E-state index >= 15 is 0 Å². The number of benzene rings is 3. The van der Waals surface area contributed by atoms with E-state index in [0.717, 1.165) is 54.5 Å². The first-order valence-electron chi connectivity index (χ1n) is 11.9. The Morgan fingerprint density at radius 3 is 2.18 bits per heavy atom. The summed E-state index contributed by atoms with van der Waals surface area (Å²) in [5.41, 5.74) is 4.32. The molecule has 1 N–H and O–H groups in total. The topological polar surface area (TPSA) is 58.1 Å². The van der Waals surface area contributed by atoms with Gasteiger partial charge in [-0.05, 0) is 55.2 Å². The minimum atomic E-state index is -0.00332. The number of hydrogen-bond acceptors (Lipinski definition) is 3. The van der Waals surface area contributed by atoms with Crippen LogP contribution in [0.2, 0.25) is 0 Å². The summed E-state index contributed by atoms with van der Waals surface area (Å²) < 4.78 is 2.16. The number of pyridine rings is 2. The lowest BCUT2D eigenvalue weighted by atomic mass is 10.0. The number of para-hydroxylation sites is 2. The van der Waals surface area contributed by atoms with Crippen LogP contribution in [0.5, 0.6) is 0 Å². The van der Waals surface area contributed by atoms with E-state index in [0.29, 0.717) is 27.1 Å². The van der Waals surface area contributed by atoms with Gasteiger partial charge >= 0.3 is 0 Å². The smallest absolute Gasteiger partial charge is 0.197 e. The molecule has 33 heavy (non-hydrogen) atoms. The second-order valence-corrected chi connectivity index (χ2v) is 8.67. The monoisotopic (exact) mass is 439 g/mol. The van der Waals surface area contributed by atoms with Crippen LogP contribution in [0.15, 0.2) is 64.2 Å². The zero-order valence-electron chi connectivity index (χ0n) is 19.4. The van der Waals surface area contributed by atoms with Gasteiger partial charge in [-0.25, -0.2) is 0 Å². The van der Waals surface area contributed by atoms with Gasteiger partial charge in [-0.1, -0.05) is 45.0 Å². The number of hydrogen-bond donors (Lipinski definition) is 1. The van der Waals surface area contributed by atoms with Crippen LogP contribution in [0.25, 0.3) is 43.6 Å². The highest BCUT2D eigenvalue weighted by molar-refractivity contribution is 6.03. The van der Waals surface area contributed by atoms with E-state index < -0.39 is 0 Å². The predicted octanol–water partition coefficient (Wildman–Crippen LogP) is 5.47. The van der Waals surface area contributed by atoms with Crippen molar-refractivity contribution in [3.05, 3.63) is 80.6 Å². The molecule has 5 aromatic rings. The van der Waals surface area contributed by atoms with Gasteiger partial charge in [0.25, 0.3) is 0 Å². The van der Waals surface area contributed by atoms with Crippen molar-refractivity contribution < 1.29 is 0 Å². The number of nitrogens with one attached hydrogen (secondary N) is 1. The molecule has 5 nitrogen and oxygen atoms in total. The Balaban J connectivity index is 1.98. The van der Waals surface area contributed by atoms with Gasteiger partial charge in [-0.2, -0.15) is 0 Å². The molecule has 0 aliphatic carbocycles. The number of nitrogens with zero attached hydrogens (tertiary/aromatic N) is 2. The van der Waals surface area contributed by atoms with Crippen LogP contribution in [0, 0.1) is 0 Å². The number of H-pyrrole nitrogens is 1. The summed E-state index contributed by atoms with van der Waals surface area (Å²) in [7, 11) is 0. The minimum absolute atomic E-state index is 0.000593. The second-order valence-electron chi connectivity index (χ2n) is 8.67. The predicted molar refractivity (Wildman–Crippen MR) is 139 cm³/mol. The van der Waals surface area contributed by atoms with Gasteiger partial charge in [0.05, 0.1) is 27.5 Å². The van der Waals surface area contributed by atoms with Gasteiger partial charge in [0.1, 0.15) is 0 Å². The third-order valence-electron chi connectivity index (χ3n) is 6.51. The number of aromatic amines is 1. The fourth-order valence-electron chi connectivity index (χ4n) is 5.01. The minimum Gasteiger partial charge on any atom is -0.354 e. The maximum absolute atomic E-state index is 13.6. The van der Waals surface area contributed by atoms with Crippen molar-refractivity contribution in [3.8, 4) is 0 Å². The molecule has 0 atom stereocenters. The van der Waals surface area contributed by atoms with Crippen LogP contribution in [0.1, 0.15) is 39.2 Å².